The average Bonchev–Trinajstić information content (AvgIpc) is 3.62. The van der Waals surface area contributed by atoms with E-state index in [4.69, 9.17) is 21.1 Å². The van der Waals surface area contributed by atoms with E-state index in [0.717, 1.165) is 24.1 Å². The van der Waals surface area contributed by atoms with Gasteiger partial charge in [0.05, 0.1) is 19.3 Å². The van der Waals surface area contributed by atoms with Gasteiger partial charge in [0.15, 0.2) is 11.5 Å². The Morgan fingerprint density at radius 3 is 2.57 bits per heavy atom. The highest BCUT2D eigenvalue weighted by Crippen LogP contribution is 2.33. The summed E-state index contributed by atoms with van der Waals surface area (Å²) in [6.45, 7) is 0.885. The molecule has 0 spiro atoms. The van der Waals surface area contributed by atoms with E-state index in [0.29, 0.717) is 35.2 Å². The Kier molecular flexibility index (Phi) is 6.19. The van der Waals surface area contributed by atoms with Gasteiger partial charge in [-0.25, -0.2) is 0 Å². The van der Waals surface area contributed by atoms with Gasteiger partial charge in [0.2, 0.25) is 0 Å². The number of carbonyl (C=O) groups is 1. The molecule has 0 radical (unpaired) electrons. The van der Waals surface area contributed by atoms with Crippen LogP contribution in [0.4, 0.5) is 0 Å². The predicted octanol–water partition coefficient (Wildman–Crippen LogP) is 5.13. The summed E-state index contributed by atoms with van der Waals surface area (Å²) >= 11 is 5.93. The first-order valence-electron chi connectivity index (χ1n) is 9.90. The zero-order valence-corrected chi connectivity index (χ0v) is 17.5. The summed E-state index contributed by atoms with van der Waals surface area (Å²) in [7, 11) is 1.57. The lowest BCUT2D eigenvalue weighted by Gasteiger charge is -2.22. The minimum atomic E-state index is -0.0225. The number of pyridine rings is 1. The van der Waals surface area contributed by atoms with Gasteiger partial charge in [0, 0.05) is 22.8 Å². The molecule has 0 unspecified atom stereocenters. The van der Waals surface area contributed by atoms with Gasteiger partial charge >= 0.3 is 0 Å². The number of hydrogen-bond donors (Lipinski definition) is 0. The van der Waals surface area contributed by atoms with Gasteiger partial charge in [-0.1, -0.05) is 29.8 Å². The Balaban J connectivity index is 1.49. The van der Waals surface area contributed by atoms with Gasteiger partial charge in [-0.05, 0) is 60.9 Å². The molecule has 3 aromatic rings. The molecule has 1 aromatic heterocycles. The van der Waals surface area contributed by atoms with E-state index < -0.39 is 0 Å². The van der Waals surface area contributed by atoms with Crippen molar-refractivity contribution in [2.45, 2.75) is 32.0 Å². The minimum Gasteiger partial charge on any atom is -0.493 e. The normalized spacial score (nSPS) is 13.0. The van der Waals surface area contributed by atoms with Crippen LogP contribution in [0, 0.1) is 0 Å². The number of carbonyl (C=O) groups excluding carboxylic acids is 1. The fourth-order valence-electron chi connectivity index (χ4n) is 3.25. The lowest BCUT2D eigenvalue weighted by molar-refractivity contribution is 0.0727. The average molecular weight is 423 g/mol. The monoisotopic (exact) mass is 422 g/mol. The molecular weight excluding hydrogens is 400 g/mol. The predicted molar refractivity (Wildman–Crippen MR) is 116 cm³/mol. The molecule has 6 heteroatoms. The van der Waals surface area contributed by atoms with Crippen LogP contribution in [0.1, 0.15) is 34.5 Å². The van der Waals surface area contributed by atoms with Crippen LogP contribution in [-0.2, 0) is 13.2 Å². The van der Waals surface area contributed by atoms with E-state index in [1.165, 1.54) is 0 Å². The molecule has 5 nitrogen and oxygen atoms in total. The SMILES string of the molecule is COc1cc(C(=O)N(Cc2ccccn2)C2CC2)ccc1OCc1ccc(Cl)cc1. The number of benzene rings is 2. The largest absolute Gasteiger partial charge is 0.493 e. The van der Waals surface area contributed by atoms with Crippen LogP contribution < -0.4 is 9.47 Å². The zero-order chi connectivity index (χ0) is 20.9. The molecule has 4 rings (SSSR count). The second-order valence-corrected chi connectivity index (χ2v) is 7.70. The first kappa shape index (κ1) is 20.2. The lowest BCUT2D eigenvalue weighted by Crippen LogP contribution is -2.32. The summed E-state index contributed by atoms with van der Waals surface area (Å²) in [5, 5.41) is 0.685. The molecule has 2 aromatic carbocycles. The van der Waals surface area contributed by atoms with Gasteiger partial charge < -0.3 is 14.4 Å². The van der Waals surface area contributed by atoms with Gasteiger partial charge in [-0.2, -0.15) is 0 Å². The molecule has 30 heavy (non-hydrogen) atoms. The Hall–Kier alpha value is -3.05. The highest BCUT2D eigenvalue weighted by atomic mass is 35.5. The van der Waals surface area contributed by atoms with Gasteiger partial charge in [-0.3, -0.25) is 9.78 Å². The molecule has 1 saturated carbocycles. The van der Waals surface area contributed by atoms with Crippen LogP contribution in [0.25, 0.3) is 0 Å². The summed E-state index contributed by atoms with van der Waals surface area (Å²) in [5.74, 6) is 1.10. The maximum Gasteiger partial charge on any atom is 0.254 e. The van der Waals surface area contributed by atoms with Crippen molar-refractivity contribution in [3.05, 3.63) is 88.7 Å². The Bertz CT molecular complexity index is 1000. The first-order valence-corrected chi connectivity index (χ1v) is 10.3. The van der Waals surface area contributed by atoms with Gasteiger partial charge in [0.25, 0.3) is 5.91 Å². The van der Waals surface area contributed by atoms with Crippen molar-refractivity contribution in [2.24, 2.45) is 0 Å². The highest BCUT2D eigenvalue weighted by molar-refractivity contribution is 6.30. The summed E-state index contributed by atoms with van der Waals surface area (Å²) in [5.41, 5.74) is 2.46. The van der Waals surface area contributed by atoms with Crippen molar-refractivity contribution in [3.63, 3.8) is 0 Å². The van der Waals surface area contributed by atoms with E-state index in [9.17, 15) is 4.79 Å². The van der Waals surface area contributed by atoms with Crippen molar-refractivity contribution in [1.29, 1.82) is 0 Å². The van der Waals surface area contributed by atoms with Crippen molar-refractivity contribution < 1.29 is 14.3 Å². The van der Waals surface area contributed by atoms with Crippen molar-refractivity contribution in [3.8, 4) is 11.5 Å². The van der Waals surface area contributed by atoms with Crippen LogP contribution in [0.5, 0.6) is 11.5 Å². The van der Waals surface area contributed by atoms with E-state index in [2.05, 4.69) is 4.98 Å². The van der Waals surface area contributed by atoms with Crippen LogP contribution in [0.3, 0.4) is 0 Å². The summed E-state index contributed by atoms with van der Waals surface area (Å²) in [4.78, 5) is 19.5. The second-order valence-electron chi connectivity index (χ2n) is 7.27. The van der Waals surface area contributed by atoms with Gasteiger partial charge in [0.1, 0.15) is 6.61 Å². The zero-order valence-electron chi connectivity index (χ0n) is 16.8. The fourth-order valence-corrected chi connectivity index (χ4v) is 3.37. The number of rotatable bonds is 8. The number of hydrogen-bond acceptors (Lipinski definition) is 4. The van der Waals surface area contributed by atoms with Crippen molar-refractivity contribution in [1.82, 2.24) is 9.88 Å². The Labute approximate surface area is 181 Å². The molecule has 1 amide bonds. The number of nitrogens with zero attached hydrogens (tertiary/aromatic N) is 2. The van der Waals surface area contributed by atoms with Crippen molar-refractivity contribution >= 4 is 17.5 Å². The molecule has 0 atom stereocenters. The molecular formula is C24H23ClN2O3. The molecule has 1 aliphatic carbocycles. The Morgan fingerprint density at radius 2 is 1.90 bits per heavy atom. The molecule has 1 heterocycles. The molecule has 0 bridgehead atoms. The van der Waals surface area contributed by atoms with E-state index >= 15 is 0 Å². The number of halogens is 1. The molecule has 1 aliphatic rings. The number of aromatic nitrogens is 1. The summed E-state index contributed by atoms with van der Waals surface area (Å²) in [6, 6.07) is 18.8. The number of methoxy groups -OCH3 is 1. The smallest absolute Gasteiger partial charge is 0.254 e. The quantitative estimate of drug-likeness (QED) is 0.505. The number of ether oxygens (including phenoxy) is 2. The third-order valence-electron chi connectivity index (χ3n) is 5.03. The maximum atomic E-state index is 13.2. The third-order valence-corrected chi connectivity index (χ3v) is 5.28. The third kappa shape index (κ3) is 4.92. The molecule has 1 fully saturated rings. The van der Waals surface area contributed by atoms with Crippen LogP contribution in [-0.4, -0.2) is 28.9 Å². The molecule has 0 N–H and O–H groups in total. The summed E-state index contributed by atoms with van der Waals surface area (Å²) in [6.07, 6.45) is 3.80. The standard InChI is InChI=1S/C24H23ClN2O3/c1-29-23-14-18(7-12-22(23)30-16-17-5-8-19(25)9-6-17)24(28)27(21-10-11-21)15-20-4-2-3-13-26-20/h2-9,12-14,21H,10-11,15-16H2,1H3. The highest BCUT2D eigenvalue weighted by Gasteiger charge is 2.33. The molecule has 0 saturated heterocycles. The second kappa shape index (κ2) is 9.18. The fraction of sp³-hybridized carbons (Fsp3) is 0.250. The van der Waals surface area contributed by atoms with E-state index in [1.54, 1.807) is 31.5 Å². The van der Waals surface area contributed by atoms with Crippen LogP contribution >= 0.6 is 11.6 Å². The van der Waals surface area contributed by atoms with E-state index in [-0.39, 0.29) is 11.9 Å². The maximum absolute atomic E-state index is 13.2. The molecule has 0 aliphatic heterocycles. The van der Waals surface area contributed by atoms with Gasteiger partial charge in [-0.15, -0.1) is 0 Å². The first-order chi connectivity index (χ1) is 14.6. The van der Waals surface area contributed by atoms with Crippen molar-refractivity contribution in [2.75, 3.05) is 7.11 Å². The van der Waals surface area contributed by atoms with Crippen LogP contribution in [0.15, 0.2) is 66.9 Å². The Morgan fingerprint density at radius 1 is 1.10 bits per heavy atom. The van der Waals surface area contributed by atoms with E-state index in [1.807, 2.05) is 47.4 Å². The van der Waals surface area contributed by atoms with Crippen LogP contribution in [0.2, 0.25) is 5.02 Å². The summed E-state index contributed by atoms with van der Waals surface area (Å²) < 4.78 is 11.4. The minimum absolute atomic E-state index is 0.0225. The lowest BCUT2D eigenvalue weighted by atomic mass is 10.1. The number of amides is 1. The molecule has 154 valence electrons. The topological polar surface area (TPSA) is 51.7 Å².